The molecule has 100 valence electrons. The molecule has 0 atom stereocenters. The Balaban J connectivity index is 2.50. The van der Waals surface area contributed by atoms with Crippen molar-refractivity contribution in [1.82, 2.24) is 4.98 Å². The normalized spacial score (nSPS) is 10.7. The van der Waals surface area contributed by atoms with Gasteiger partial charge < -0.3 is 14.3 Å². The van der Waals surface area contributed by atoms with E-state index < -0.39 is 11.8 Å². The molecule has 0 amide bonds. The third-order valence-corrected chi connectivity index (χ3v) is 2.46. The highest BCUT2D eigenvalue weighted by Crippen LogP contribution is 2.24. The second-order valence-electron chi connectivity index (χ2n) is 4.05. The molecule has 1 aromatic carbocycles. The molecule has 6 heteroatoms. The molecule has 0 saturated carbocycles. The van der Waals surface area contributed by atoms with Gasteiger partial charge in [-0.2, -0.15) is 0 Å². The van der Waals surface area contributed by atoms with Crippen molar-refractivity contribution in [2.45, 2.75) is 13.5 Å². The van der Waals surface area contributed by atoms with Gasteiger partial charge in [-0.25, -0.2) is 14.2 Å². The number of hydrogen-bond donors (Lipinski definition) is 1. The van der Waals surface area contributed by atoms with Crippen LogP contribution in [0.1, 0.15) is 21.8 Å². The van der Waals surface area contributed by atoms with E-state index in [9.17, 15) is 9.18 Å². The van der Waals surface area contributed by atoms with E-state index in [0.717, 1.165) is 0 Å². The minimum atomic E-state index is -1.24. The maximum Gasteiger partial charge on any atom is 0.373 e. The molecule has 0 aliphatic heterocycles. The van der Waals surface area contributed by atoms with Crippen LogP contribution < -0.4 is 0 Å². The van der Waals surface area contributed by atoms with Crippen molar-refractivity contribution in [3.63, 3.8) is 0 Å². The van der Waals surface area contributed by atoms with E-state index in [1.165, 1.54) is 19.2 Å². The molecule has 1 aromatic heterocycles. The van der Waals surface area contributed by atoms with Crippen molar-refractivity contribution < 1.29 is 23.4 Å². The highest BCUT2D eigenvalue weighted by Gasteiger charge is 2.20. The Bertz CT molecular complexity index is 601. The van der Waals surface area contributed by atoms with Crippen molar-refractivity contribution in [2.24, 2.45) is 0 Å². The first-order valence-corrected chi connectivity index (χ1v) is 5.50. The van der Waals surface area contributed by atoms with Crippen LogP contribution in [0.15, 0.2) is 22.6 Å². The van der Waals surface area contributed by atoms with Gasteiger partial charge in [-0.1, -0.05) is 0 Å². The zero-order valence-electron chi connectivity index (χ0n) is 10.4. The molecule has 0 unspecified atom stereocenters. The molecule has 2 aromatic rings. The molecular weight excluding hydrogens is 253 g/mol. The third-order valence-electron chi connectivity index (χ3n) is 2.46. The number of methoxy groups -OCH3 is 1. The van der Waals surface area contributed by atoms with Gasteiger partial charge in [0.15, 0.2) is 0 Å². The van der Waals surface area contributed by atoms with E-state index >= 15 is 0 Å². The molecule has 19 heavy (non-hydrogen) atoms. The second kappa shape index (κ2) is 5.19. The Morgan fingerprint density at radius 2 is 2.21 bits per heavy atom. The molecule has 0 aliphatic carbocycles. The van der Waals surface area contributed by atoms with E-state index in [2.05, 4.69) is 4.98 Å². The number of rotatable bonds is 4. The number of oxazole rings is 1. The summed E-state index contributed by atoms with van der Waals surface area (Å²) >= 11 is 0. The number of hydrogen-bond acceptors (Lipinski definition) is 4. The number of carbonyl (C=O) groups is 1. The number of aryl methyl sites for hydroxylation is 1. The number of nitrogens with zero attached hydrogens (tertiary/aromatic N) is 1. The van der Waals surface area contributed by atoms with Gasteiger partial charge >= 0.3 is 5.97 Å². The lowest BCUT2D eigenvalue weighted by Gasteiger charge is -1.98. The number of benzene rings is 1. The largest absolute Gasteiger partial charge is 0.475 e. The number of carboxylic acid groups (broad SMARTS) is 1. The van der Waals surface area contributed by atoms with Crippen LogP contribution in [0.4, 0.5) is 4.39 Å². The first-order chi connectivity index (χ1) is 9.01. The highest BCUT2D eigenvalue weighted by molar-refractivity contribution is 5.86. The predicted molar refractivity (Wildman–Crippen MR) is 64.3 cm³/mol. The number of aromatic nitrogens is 1. The third kappa shape index (κ3) is 2.79. The van der Waals surface area contributed by atoms with E-state index in [1.54, 1.807) is 13.0 Å². The number of aromatic carboxylic acids is 1. The van der Waals surface area contributed by atoms with Crippen LogP contribution in [0.5, 0.6) is 0 Å². The summed E-state index contributed by atoms with van der Waals surface area (Å²) in [5.41, 5.74) is 1.26. The average molecular weight is 265 g/mol. The van der Waals surface area contributed by atoms with Crippen molar-refractivity contribution in [2.75, 3.05) is 7.11 Å². The van der Waals surface area contributed by atoms with Crippen LogP contribution in [-0.2, 0) is 11.3 Å². The Labute approximate surface area is 108 Å². The molecule has 0 saturated heterocycles. The number of halogens is 1. The van der Waals surface area contributed by atoms with Gasteiger partial charge in [0.1, 0.15) is 11.5 Å². The Morgan fingerprint density at radius 3 is 2.79 bits per heavy atom. The van der Waals surface area contributed by atoms with Crippen LogP contribution in [-0.4, -0.2) is 23.2 Å². The van der Waals surface area contributed by atoms with E-state index in [-0.39, 0.29) is 24.0 Å². The highest BCUT2D eigenvalue weighted by atomic mass is 19.1. The van der Waals surface area contributed by atoms with Crippen molar-refractivity contribution in [1.29, 1.82) is 0 Å². The molecular formula is C13H12FNO4. The van der Waals surface area contributed by atoms with Crippen LogP contribution in [0.3, 0.4) is 0 Å². The quantitative estimate of drug-likeness (QED) is 0.919. The maximum atomic E-state index is 13.3. The Kier molecular flexibility index (Phi) is 3.62. The monoisotopic (exact) mass is 265 g/mol. The van der Waals surface area contributed by atoms with Gasteiger partial charge in [0, 0.05) is 12.7 Å². The fraction of sp³-hybridized carbons (Fsp3) is 0.231. The molecule has 2 rings (SSSR count). The van der Waals surface area contributed by atoms with Crippen molar-refractivity contribution >= 4 is 5.97 Å². The first-order valence-electron chi connectivity index (χ1n) is 5.50. The van der Waals surface area contributed by atoms with Crippen molar-refractivity contribution in [3.8, 4) is 11.5 Å². The summed E-state index contributed by atoms with van der Waals surface area (Å²) in [6.45, 7) is 1.74. The lowest BCUT2D eigenvalue weighted by atomic mass is 10.1. The lowest BCUT2D eigenvalue weighted by Crippen LogP contribution is -2.00. The summed E-state index contributed by atoms with van der Waals surface area (Å²) in [6.07, 6.45) is 0. The summed E-state index contributed by atoms with van der Waals surface area (Å²) in [4.78, 5) is 15.0. The minimum Gasteiger partial charge on any atom is -0.475 e. The fourth-order valence-electron chi connectivity index (χ4n) is 1.74. The SMILES string of the molecule is COCc1nc(-c2cc(C)cc(F)c2)oc1C(=O)O. The molecule has 0 bridgehead atoms. The summed E-state index contributed by atoms with van der Waals surface area (Å²) in [5, 5.41) is 9.00. The summed E-state index contributed by atoms with van der Waals surface area (Å²) in [6, 6.07) is 4.26. The predicted octanol–water partition coefficient (Wildman–Crippen LogP) is 2.63. The Hall–Kier alpha value is -2.21. The first kappa shape index (κ1) is 13.2. The molecule has 1 N–H and O–H groups in total. The van der Waals surface area contributed by atoms with Crippen LogP contribution in [0.2, 0.25) is 0 Å². The van der Waals surface area contributed by atoms with Gasteiger partial charge in [-0.3, -0.25) is 0 Å². The zero-order chi connectivity index (χ0) is 14.0. The van der Waals surface area contributed by atoms with Gasteiger partial charge in [-0.15, -0.1) is 0 Å². The number of ether oxygens (including phenoxy) is 1. The van der Waals surface area contributed by atoms with E-state index in [4.69, 9.17) is 14.3 Å². The molecule has 0 fully saturated rings. The zero-order valence-corrected chi connectivity index (χ0v) is 10.4. The van der Waals surface area contributed by atoms with Gasteiger partial charge in [0.05, 0.1) is 6.61 Å². The number of carboxylic acids is 1. The van der Waals surface area contributed by atoms with E-state index in [0.29, 0.717) is 11.1 Å². The van der Waals surface area contributed by atoms with Crippen LogP contribution in [0.25, 0.3) is 11.5 Å². The summed E-state index contributed by atoms with van der Waals surface area (Å²) in [5.74, 6) is -1.90. The standard InChI is InChI=1S/C13H12FNO4/c1-7-3-8(5-9(14)4-7)12-15-10(6-18-2)11(19-12)13(16)17/h3-5H,6H2,1-2H3,(H,16,17). The molecule has 0 aliphatic rings. The molecule has 0 spiro atoms. The smallest absolute Gasteiger partial charge is 0.373 e. The van der Waals surface area contributed by atoms with Gasteiger partial charge in [-0.05, 0) is 30.7 Å². The lowest BCUT2D eigenvalue weighted by molar-refractivity contribution is 0.0656. The van der Waals surface area contributed by atoms with Crippen LogP contribution in [0, 0.1) is 12.7 Å². The summed E-state index contributed by atoms with van der Waals surface area (Å²) in [7, 11) is 1.42. The van der Waals surface area contributed by atoms with Gasteiger partial charge in [0.2, 0.25) is 11.7 Å². The minimum absolute atomic E-state index is 0.0133. The Morgan fingerprint density at radius 1 is 1.47 bits per heavy atom. The topological polar surface area (TPSA) is 72.6 Å². The van der Waals surface area contributed by atoms with Gasteiger partial charge in [0.25, 0.3) is 0 Å². The molecule has 5 nitrogen and oxygen atoms in total. The van der Waals surface area contributed by atoms with Crippen molar-refractivity contribution in [3.05, 3.63) is 41.0 Å². The average Bonchev–Trinajstić information content (AvgIpc) is 2.72. The molecule has 0 radical (unpaired) electrons. The summed E-state index contributed by atoms with van der Waals surface area (Å²) < 4.78 is 23.3. The maximum absolute atomic E-state index is 13.3. The molecule has 1 heterocycles. The second-order valence-corrected chi connectivity index (χ2v) is 4.05. The van der Waals surface area contributed by atoms with Crippen LogP contribution >= 0.6 is 0 Å². The fourth-order valence-corrected chi connectivity index (χ4v) is 1.74. The van der Waals surface area contributed by atoms with E-state index in [1.807, 2.05) is 0 Å².